The fraction of sp³-hybridized carbons (Fsp3) is 0.0615. The molecule has 0 aliphatic heterocycles. The molecule has 69 heavy (non-hydrogen) atoms. The summed E-state index contributed by atoms with van der Waals surface area (Å²) in [6, 6.07) is 85.5. The van der Waals surface area contributed by atoms with Crippen LogP contribution in [0.5, 0.6) is 0 Å². The van der Waals surface area contributed by atoms with Crippen molar-refractivity contribution in [1.29, 1.82) is 0 Å². The summed E-state index contributed by atoms with van der Waals surface area (Å²) in [5.41, 5.74) is 26.6. The normalized spacial score (nSPS) is 14.2. The summed E-state index contributed by atoms with van der Waals surface area (Å²) in [6.07, 6.45) is 0. The molecule has 0 N–H and O–H groups in total. The van der Waals surface area contributed by atoms with Gasteiger partial charge in [0.2, 0.25) is 5.78 Å². The predicted octanol–water partition coefficient (Wildman–Crippen LogP) is 16.2. The Labute approximate surface area is 400 Å². The molecule has 4 nitrogen and oxygen atoms in total. The third-order valence-electron chi connectivity index (χ3n) is 15.8. The summed E-state index contributed by atoms with van der Waals surface area (Å²) in [5, 5.41) is 0. The fourth-order valence-corrected chi connectivity index (χ4v) is 12.7. The van der Waals surface area contributed by atoms with E-state index in [2.05, 4.69) is 258 Å². The lowest BCUT2D eigenvalue weighted by Gasteiger charge is -2.31. The van der Waals surface area contributed by atoms with Crippen LogP contribution in [0.1, 0.15) is 47.2 Å². The number of hydrogen-bond donors (Lipinski definition) is 0. The average Bonchev–Trinajstić information content (AvgIpc) is 4.16. The summed E-state index contributed by atoms with van der Waals surface area (Å²) in [4.78, 5) is 7.58. The van der Waals surface area contributed by atoms with Gasteiger partial charge in [-0.3, -0.25) is 8.97 Å². The number of anilines is 3. The first-order valence-electron chi connectivity index (χ1n) is 24.0. The number of para-hydroxylation sites is 4. The molecule has 0 unspecified atom stereocenters. The van der Waals surface area contributed by atoms with Crippen molar-refractivity contribution in [1.82, 2.24) is 14.0 Å². The Morgan fingerprint density at radius 2 is 0.826 bits per heavy atom. The summed E-state index contributed by atoms with van der Waals surface area (Å²) in [5.74, 6) is 0.913. The molecule has 324 valence electrons. The van der Waals surface area contributed by atoms with Gasteiger partial charge in [0.15, 0.2) is 0 Å². The van der Waals surface area contributed by atoms with E-state index in [9.17, 15) is 0 Å². The number of fused-ring (bicyclic) bond motifs is 18. The van der Waals surface area contributed by atoms with Crippen LogP contribution in [0.15, 0.2) is 231 Å². The van der Waals surface area contributed by atoms with Crippen molar-refractivity contribution in [3.05, 3.63) is 264 Å². The van der Waals surface area contributed by atoms with Crippen molar-refractivity contribution in [2.45, 2.75) is 24.7 Å². The first-order chi connectivity index (χ1) is 34.0. The number of benzene rings is 10. The number of hydrogen-bond acceptors (Lipinski definition) is 2. The number of imidazole rings is 2. The molecule has 0 saturated carbocycles. The third kappa shape index (κ3) is 5.10. The monoisotopic (exact) mass is 880 g/mol. The smallest absolute Gasteiger partial charge is 0.220 e. The van der Waals surface area contributed by atoms with E-state index >= 15 is 0 Å². The molecule has 12 aromatic rings. The minimum atomic E-state index is -0.393. The Bertz CT molecular complexity index is 4060. The molecule has 2 aromatic heterocycles. The maximum atomic E-state index is 5.11. The Morgan fingerprint density at radius 1 is 0.362 bits per heavy atom. The van der Waals surface area contributed by atoms with Crippen LogP contribution in [0, 0.1) is 0 Å². The zero-order valence-electron chi connectivity index (χ0n) is 38.2. The molecule has 4 heteroatoms. The van der Waals surface area contributed by atoms with Crippen LogP contribution in [0.2, 0.25) is 0 Å². The van der Waals surface area contributed by atoms with E-state index in [0.717, 1.165) is 61.7 Å². The summed E-state index contributed by atoms with van der Waals surface area (Å²) in [6.45, 7) is 4.74. The van der Waals surface area contributed by atoms with E-state index < -0.39 is 5.41 Å². The van der Waals surface area contributed by atoms with Crippen LogP contribution in [-0.2, 0) is 10.8 Å². The summed E-state index contributed by atoms with van der Waals surface area (Å²) < 4.78 is 4.55. The second-order valence-electron chi connectivity index (χ2n) is 19.5. The highest BCUT2D eigenvalue weighted by Gasteiger charge is 2.51. The molecule has 0 saturated heterocycles. The summed E-state index contributed by atoms with van der Waals surface area (Å²) in [7, 11) is 0. The van der Waals surface area contributed by atoms with E-state index in [0.29, 0.717) is 0 Å². The fourth-order valence-electron chi connectivity index (χ4n) is 12.7. The lowest BCUT2D eigenvalue weighted by Crippen LogP contribution is -2.25. The first kappa shape index (κ1) is 38.4. The number of nitrogens with zero attached hydrogens (tertiary/aromatic N) is 4. The number of rotatable bonds is 5. The molecular weight excluding hydrogens is 837 g/mol. The van der Waals surface area contributed by atoms with E-state index in [-0.39, 0.29) is 5.41 Å². The van der Waals surface area contributed by atoms with Crippen LogP contribution >= 0.6 is 0 Å². The van der Waals surface area contributed by atoms with Gasteiger partial charge in [-0.05, 0) is 151 Å². The van der Waals surface area contributed by atoms with Gasteiger partial charge < -0.3 is 4.90 Å². The predicted molar refractivity (Wildman–Crippen MR) is 284 cm³/mol. The van der Waals surface area contributed by atoms with Crippen molar-refractivity contribution in [3.63, 3.8) is 0 Å². The Hall–Kier alpha value is -8.73. The minimum Gasteiger partial charge on any atom is -0.310 e. The maximum absolute atomic E-state index is 5.11. The molecular formula is C65H44N4. The SMILES string of the molecule is CC1(C)c2ccccc2-c2ccc(N(c3ccc(-c4ccc(-n5c6ccccc6n6c7ccccc7nc56)cc4)cc3)c3ccc4c(c3)-c3ccccc3C43c4ccccc4-c4ccccc43)cc21. The van der Waals surface area contributed by atoms with Crippen molar-refractivity contribution < 1.29 is 0 Å². The first-order valence-corrected chi connectivity index (χ1v) is 24.0. The number of aromatic nitrogens is 3. The van der Waals surface area contributed by atoms with Gasteiger partial charge in [-0.15, -0.1) is 0 Å². The van der Waals surface area contributed by atoms with Crippen LogP contribution in [0.3, 0.4) is 0 Å². The standard InChI is InChI=1S/C65H44N4/c1-64(2)53-19-7-3-15-47(53)51-37-35-46(40-58(51)64)67(45-36-38-57-52(39-45)50-18-6-10-22-56(50)65(57)54-20-8-4-16-48(54)49-17-5-9-21-55(49)65)43-31-27-41(28-32-43)42-29-33-44(34-30-42)68-61-25-13-14-26-62(61)69-60-24-12-11-23-59(60)66-63(68)69/h3-40H,1-2H3. The van der Waals surface area contributed by atoms with Gasteiger partial charge in [0.1, 0.15) is 0 Å². The van der Waals surface area contributed by atoms with Crippen LogP contribution < -0.4 is 4.90 Å². The third-order valence-corrected chi connectivity index (χ3v) is 15.8. The molecule has 0 amide bonds. The van der Waals surface area contributed by atoms with Crippen LogP contribution in [-0.4, -0.2) is 14.0 Å². The van der Waals surface area contributed by atoms with Gasteiger partial charge in [0.25, 0.3) is 0 Å². The molecule has 0 radical (unpaired) electrons. The Balaban J connectivity index is 0.866. The lowest BCUT2D eigenvalue weighted by atomic mass is 9.70. The van der Waals surface area contributed by atoms with E-state index in [1.807, 2.05) is 0 Å². The molecule has 0 atom stereocenters. The van der Waals surface area contributed by atoms with Gasteiger partial charge in [-0.2, -0.15) is 0 Å². The highest BCUT2D eigenvalue weighted by atomic mass is 15.2. The highest BCUT2D eigenvalue weighted by molar-refractivity contribution is 5.97. The van der Waals surface area contributed by atoms with Gasteiger partial charge in [-0.1, -0.05) is 172 Å². The van der Waals surface area contributed by atoms with Crippen LogP contribution in [0.25, 0.3) is 78.0 Å². The van der Waals surface area contributed by atoms with Gasteiger partial charge in [0, 0.05) is 28.2 Å². The Morgan fingerprint density at radius 3 is 1.49 bits per heavy atom. The molecule has 0 fully saturated rings. The van der Waals surface area contributed by atoms with Gasteiger partial charge in [0.05, 0.1) is 27.5 Å². The molecule has 0 bridgehead atoms. The van der Waals surface area contributed by atoms with E-state index in [1.54, 1.807) is 0 Å². The molecule has 2 heterocycles. The largest absolute Gasteiger partial charge is 0.310 e. The molecule has 3 aliphatic rings. The average molecular weight is 881 g/mol. The molecule has 1 spiro atoms. The van der Waals surface area contributed by atoms with Crippen LogP contribution in [0.4, 0.5) is 17.1 Å². The molecule has 3 aliphatic carbocycles. The maximum Gasteiger partial charge on any atom is 0.220 e. The minimum absolute atomic E-state index is 0.139. The topological polar surface area (TPSA) is 25.5 Å². The van der Waals surface area contributed by atoms with Gasteiger partial charge in [-0.25, -0.2) is 4.98 Å². The quantitative estimate of drug-likeness (QED) is 0.172. The second-order valence-corrected chi connectivity index (χ2v) is 19.5. The highest BCUT2D eigenvalue weighted by Crippen LogP contribution is 2.63. The zero-order valence-corrected chi connectivity index (χ0v) is 38.2. The van der Waals surface area contributed by atoms with Gasteiger partial charge >= 0.3 is 0 Å². The van der Waals surface area contributed by atoms with Crippen molar-refractivity contribution in [3.8, 4) is 50.2 Å². The van der Waals surface area contributed by atoms with Crippen molar-refractivity contribution >= 4 is 44.9 Å². The second kappa shape index (κ2) is 13.9. The Kier molecular flexibility index (Phi) is 7.74. The molecule has 15 rings (SSSR count). The molecule has 10 aromatic carbocycles. The van der Waals surface area contributed by atoms with Crippen molar-refractivity contribution in [2.75, 3.05) is 4.90 Å². The lowest BCUT2D eigenvalue weighted by molar-refractivity contribution is 0.660. The zero-order chi connectivity index (χ0) is 45.6. The van der Waals surface area contributed by atoms with E-state index in [4.69, 9.17) is 4.98 Å². The summed E-state index contributed by atoms with van der Waals surface area (Å²) >= 11 is 0. The van der Waals surface area contributed by atoms with E-state index in [1.165, 1.54) is 66.8 Å². The van der Waals surface area contributed by atoms with Crippen molar-refractivity contribution in [2.24, 2.45) is 0 Å².